The summed E-state index contributed by atoms with van der Waals surface area (Å²) in [4.78, 5) is 11.6. The van der Waals surface area contributed by atoms with Crippen molar-refractivity contribution in [3.05, 3.63) is 0 Å². The summed E-state index contributed by atoms with van der Waals surface area (Å²) in [5, 5.41) is 0. The summed E-state index contributed by atoms with van der Waals surface area (Å²) in [6, 6.07) is 0. The van der Waals surface area contributed by atoms with Crippen LogP contribution in [0.4, 0.5) is 0 Å². The van der Waals surface area contributed by atoms with Gasteiger partial charge in [-0.15, -0.1) is 0 Å². The molecule has 0 aromatic carbocycles. The van der Waals surface area contributed by atoms with Crippen LogP contribution in [0, 0.1) is 11.8 Å². The lowest BCUT2D eigenvalue weighted by Gasteiger charge is -2.08. The highest BCUT2D eigenvalue weighted by Crippen LogP contribution is 2.27. The second-order valence-corrected chi connectivity index (χ2v) is 4.73. The van der Waals surface area contributed by atoms with E-state index in [2.05, 4.69) is 13.8 Å². The predicted molar refractivity (Wildman–Crippen MR) is 55.7 cm³/mol. The summed E-state index contributed by atoms with van der Waals surface area (Å²) in [6.45, 7) is 4.44. The van der Waals surface area contributed by atoms with E-state index in [0.717, 1.165) is 18.8 Å². The van der Waals surface area contributed by atoms with E-state index in [9.17, 15) is 4.79 Å². The molecule has 1 nitrogen and oxygen atoms in total. The second-order valence-electron chi connectivity index (χ2n) is 4.73. The Morgan fingerprint density at radius 2 is 1.92 bits per heavy atom. The van der Waals surface area contributed by atoms with Crippen molar-refractivity contribution >= 4 is 5.78 Å². The minimum Gasteiger partial charge on any atom is -0.299 e. The van der Waals surface area contributed by atoms with Crippen LogP contribution in [0.2, 0.25) is 0 Å². The first kappa shape index (κ1) is 10.7. The van der Waals surface area contributed by atoms with E-state index in [0.29, 0.717) is 11.7 Å². The molecule has 1 fully saturated rings. The number of carbonyl (C=O) groups excluding carboxylic acids is 1. The molecule has 0 aliphatic heterocycles. The van der Waals surface area contributed by atoms with E-state index >= 15 is 0 Å². The molecule has 0 amide bonds. The molecule has 0 atom stereocenters. The molecule has 76 valence electrons. The molecule has 1 aliphatic carbocycles. The highest BCUT2D eigenvalue weighted by atomic mass is 16.1. The summed E-state index contributed by atoms with van der Waals surface area (Å²) >= 11 is 0. The zero-order chi connectivity index (χ0) is 9.68. The number of Topliss-reactive ketones (excluding diaryl/α,β-unsaturated/α-hetero) is 1. The average Bonchev–Trinajstić information content (AvgIpc) is 2.55. The van der Waals surface area contributed by atoms with Crippen LogP contribution in [0.1, 0.15) is 58.8 Å². The van der Waals surface area contributed by atoms with Crippen molar-refractivity contribution in [2.24, 2.45) is 11.8 Å². The van der Waals surface area contributed by atoms with Gasteiger partial charge in [0.2, 0.25) is 0 Å². The van der Waals surface area contributed by atoms with E-state index < -0.39 is 0 Å². The molecule has 0 aromatic rings. The van der Waals surface area contributed by atoms with Crippen molar-refractivity contribution in [2.45, 2.75) is 58.8 Å². The lowest BCUT2D eigenvalue weighted by molar-refractivity contribution is -0.122. The average molecular weight is 182 g/mol. The molecule has 0 bridgehead atoms. The van der Waals surface area contributed by atoms with Gasteiger partial charge in [-0.05, 0) is 25.2 Å². The number of carbonyl (C=O) groups is 1. The van der Waals surface area contributed by atoms with Gasteiger partial charge in [0, 0.05) is 12.3 Å². The van der Waals surface area contributed by atoms with Crippen molar-refractivity contribution in [1.82, 2.24) is 0 Å². The Balaban J connectivity index is 2.10. The van der Waals surface area contributed by atoms with Gasteiger partial charge in [0.1, 0.15) is 5.78 Å². The SMILES string of the molecule is CC(C)CCCC(=O)C1CCCC1. The van der Waals surface area contributed by atoms with Gasteiger partial charge in [-0.1, -0.05) is 33.1 Å². The molecule has 0 saturated heterocycles. The maximum absolute atomic E-state index is 11.6. The molecule has 1 rings (SSSR count). The fraction of sp³-hybridized carbons (Fsp3) is 0.917. The van der Waals surface area contributed by atoms with Crippen LogP contribution in [0.5, 0.6) is 0 Å². The third-order valence-corrected chi connectivity index (χ3v) is 3.02. The van der Waals surface area contributed by atoms with Crippen LogP contribution < -0.4 is 0 Å². The van der Waals surface area contributed by atoms with Crippen LogP contribution in [0.25, 0.3) is 0 Å². The molecule has 13 heavy (non-hydrogen) atoms. The van der Waals surface area contributed by atoms with Crippen LogP contribution in [0.3, 0.4) is 0 Å². The molecule has 1 aliphatic rings. The van der Waals surface area contributed by atoms with Crippen LogP contribution in [-0.2, 0) is 4.79 Å². The molecular formula is C12H22O. The third-order valence-electron chi connectivity index (χ3n) is 3.02. The Morgan fingerprint density at radius 3 is 2.46 bits per heavy atom. The second kappa shape index (κ2) is 5.41. The molecule has 0 spiro atoms. The Kier molecular flexibility index (Phi) is 4.47. The number of hydrogen-bond acceptors (Lipinski definition) is 1. The highest BCUT2D eigenvalue weighted by molar-refractivity contribution is 5.81. The molecular weight excluding hydrogens is 160 g/mol. The molecule has 0 radical (unpaired) electrons. The highest BCUT2D eigenvalue weighted by Gasteiger charge is 2.21. The summed E-state index contributed by atoms with van der Waals surface area (Å²) in [5.74, 6) is 1.72. The topological polar surface area (TPSA) is 17.1 Å². The Morgan fingerprint density at radius 1 is 1.31 bits per heavy atom. The molecule has 1 saturated carbocycles. The Hall–Kier alpha value is -0.330. The van der Waals surface area contributed by atoms with Gasteiger partial charge >= 0.3 is 0 Å². The fourth-order valence-corrected chi connectivity index (χ4v) is 2.14. The molecule has 1 heteroatoms. The monoisotopic (exact) mass is 182 g/mol. The number of ketones is 1. The summed E-state index contributed by atoms with van der Waals surface area (Å²) in [5.41, 5.74) is 0. The molecule has 0 aromatic heterocycles. The van der Waals surface area contributed by atoms with E-state index in [-0.39, 0.29) is 0 Å². The van der Waals surface area contributed by atoms with Gasteiger partial charge in [0.05, 0.1) is 0 Å². The van der Waals surface area contributed by atoms with Crippen LogP contribution >= 0.6 is 0 Å². The van der Waals surface area contributed by atoms with E-state index in [1.165, 1.54) is 32.1 Å². The van der Waals surface area contributed by atoms with E-state index in [1.54, 1.807) is 0 Å². The van der Waals surface area contributed by atoms with Gasteiger partial charge in [-0.25, -0.2) is 0 Å². The van der Waals surface area contributed by atoms with Gasteiger partial charge in [0.25, 0.3) is 0 Å². The zero-order valence-electron chi connectivity index (χ0n) is 9.01. The van der Waals surface area contributed by atoms with Gasteiger partial charge < -0.3 is 0 Å². The maximum Gasteiger partial charge on any atom is 0.135 e. The van der Waals surface area contributed by atoms with Crippen LogP contribution in [0.15, 0.2) is 0 Å². The largest absolute Gasteiger partial charge is 0.299 e. The quantitative estimate of drug-likeness (QED) is 0.635. The standard InChI is InChI=1S/C12H22O/c1-10(2)6-5-9-12(13)11-7-3-4-8-11/h10-11H,3-9H2,1-2H3. The van der Waals surface area contributed by atoms with Crippen molar-refractivity contribution in [3.8, 4) is 0 Å². The van der Waals surface area contributed by atoms with Crippen molar-refractivity contribution in [2.75, 3.05) is 0 Å². The molecule has 0 N–H and O–H groups in total. The Bertz CT molecular complexity index is 155. The van der Waals surface area contributed by atoms with Crippen molar-refractivity contribution < 1.29 is 4.79 Å². The summed E-state index contributed by atoms with van der Waals surface area (Å²) < 4.78 is 0. The van der Waals surface area contributed by atoms with Gasteiger partial charge in [-0.2, -0.15) is 0 Å². The summed E-state index contributed by atoms with van der Waals surface area (Å²) in [7, 11) is 0. The summed E-state index contributed by atoms with van der Waals surface area (Å²) in [6.07, 6.45) is 8.04. The lowest BCUT2D eigenvalue weighted by Crippen LogP contribution is -2.10. The van der Waals surface area contributed by atoms with E-state index in [1.807, 2.05) is 0 Å². The third kappa shape index (κ3) is 3.93. The smallest absolute Gasteiger partial charge is 0.135 e. The van der Waals surface area contributed by atoms with Gasteiger partial charge in [0.15, 0.2) is 0 Å². The normalized spacial score (nSPS) is 18.4. The van der Waals surface area contributed by atoms with Crippen molar-refractivity contribution in [3.63, 3.8) is 0 Å². The lowest BCUT2D eigenvalue weighted by atomic mass is 9.96. The first-order chi connectivity index (χ1) is 6.20. The first-order valence-electron chi connectivity index (χ1n) is 5.73. The minimum absolute atomic E-state index is 0.437. The van der Waals surface area contributed by atoms with Crippen molar-refractivity contribution in [1.29, 1.82) is 0 Å². The minimum atomic E-state index is 0.437. The predicted octanol–water partition coefficient (Wildman–Crippen LogP) is 3.57. The maximum atomic E-state index is 11.6. The molecule has 0 unspecified atom stereocenters. The first-order valence-corrected chi connectivity index (χ1v) is 5.73. The van der Waals surface area contributed by atoms with Gasteiger partial charge in [-0.3, -0.25) is 4.79 Å². The van der Waals surface area contributed by atoms with E-state index in [4.69, 9.17) is 0 Å². The number of rotatable bonds is 5. The zero-order valence-corrected chi connectivity index (χ0v) is 9.01. The number of hydrogen-bond donors (Lipinski definition) is 0. The Labute approximate surface area is 81.9 Å². The fourth-order valence-electron chi connectivity index (χ4n) is 2.14. The molecule has 0 heterocycles. The van der Waals surface area contributed by atoms with Crippen LogP contribution in [-0.4, -0.2) is 5.78 Å².